The monoisotopic (exact) mass is 368 g/mol. The number of primary amides is 1. The van der Waals surface area contributed by atoms with Crippen molar-refractivity contribution in [2.75, 3.05) is 0 Å². The van der Waals surface area contributed by atoms with E-state index in [4.69, 9.17) is 10.5 Å². The number of hydrogen-bond donors (Lipinski definition) is 2. The molecule has 1 saturated heterocycles. The Hall–Kier alpha value is -2.66. The first-order valence-corrected chi connectivity index (χ1v) is 9.15. The van der Waals surface area contributed by atoms with Gasteiger partial charge in [-0.05, 0) is 51.5 Å². The molecule has 0 spiro atoms. The van der Waals surface area contributed by atoms with Crippen molar-refractivity contribution in [2.24, 2.45) is 5.73 Å². The van der Waals surface area contributed by atoms with Crippen LogP contribution in [0, 0.1) is 0 Å². The standard InChI is InChI=1S/C15H21NO2.C7H7NO/c1-11-9-13(10-15(2,3)16-11)18-14(17)12-7-5-4-6-8-12;8-7(9)6-4-2-1-3-5-6/h4-8,11,13,16H,9-10H2,1-3H3;1-5H,(H2,8,9). The Labute approximate surface area is 160 Å². The first-order chi connectivity index (χ1) is 12.8. The van der Waals surface area contributed by atoms with Crippen molar-refractivity contribution in [1.82, 2.24) is 5.32 Å². The van der Waals surface area contributed by atoms with Gasteiger partial charge < -0.3 is 15.8 Å². The van der Waals surface area contributed by atoms with E-state index in [0.29, 0.717) is 17.2 Å². The maximum Gasteiger partial charge on any atom is 0.338 e. The van der Waals surface area contributed by atoms with Gasteiger partial charge in [-0.15, -0.1) is 0 Å². The summed E-state index contributed by atoms with van der Waals surface area (Å²) in [5, 5.41) is 3.51. The molecule has 0 aromatic heterocycles. The van der Waals surface area contributed by atoms with E-state index in [9.17, 15) is 9.59 Å². The molecule has 0 bridgehead atoms. The largest absolute Gasteiger partial charge is 0.459 e. The fourth-order valence-corrected chi connectivity index (χ4v) is 3.32. The molecular formula is C22H28N2O3. The lowest BCUT2D eigenvalue weighted by molar-refractivity contribution is 0.00586. The van der Waals surface area contributed by atoms with Crippen LogP contribution in [0.4, 0.5) is 0 Å². The Morgan fingerprint density at radius 1 is 1.00 bits per heavy atom. The van der Waals surface area contributed by atoms with Gasteiger partial charge in [-0.1, -0.05) is 36.4 Å². The van der Waals surface area contributed by atoms with Crippen LogP contribution in [0.15, 0.2) is 60.7 Å². The molecule has 0 aliphatic carbocycles. The van der Waals surface area contributed by atoms with Gasteiger partial charge in [0.25, 0.3) is 0 Å². The number of carbonyl (C=O) groups is 2. The zero-order valence-corrected chi connectivity index (χ0v) is 16.1. The van der Waals surface area contributed by atoms with Gasteiger partial charge in [0.1, 0.15) is 6.10 Å². The smallest absolute Gasteiger partial charge is 0.338 e. The van der Waals surface area contributed by atoms with Crippen molar-refractivity contribution in [3.63, 3.8) is 0 Å². The number of amides is 1. The highest BCUT2D eigenvalue weighted by molar-refractivity contribution is 5.92. The summed E-state index contributed by atoms with van der Waals surface area (Å²) < 4.78 is 5.60. The van der Waals surface area contributed by atoms with Gasteiger partial charge in [-0.2, -0.15) is 0 Å². The molecule has 3 rings (SSSR count). The highest BCUT2D eigenvalue weighted by Gasteiger charge is 2.33. The number of nitrogens with two attached hydrogens (primary N) is 1. The number of hydrogen-bond acceptors (Lipinski definition) is 4. The number of carbonyl (C=O) groups excluding carboxylic acids is 2. The van der Waals surface area contributed by atoms with E-state index in [1.54, 1.807) is 36.4 Å². The maximum absolute atomic E-state index is 12.0. The zero-order valence-electron chi connectivity index (χ0n) is 16.1. The van der Waals surface area contributed by atoms with E-state index in [2.05, 4.69) is 26.1 Å². The molecule has 2 atom stereocenters. The molecule has 1 heterocycles. The Morgan fingerprint density at radius 2 is 1.52 bits per heavy atom. The minimum atomic E-state index is -0.379. The minimum absolute atomic E-state index is 0.00366. The molecule has 5 nitrogen and oxygen atoms in total. The molecule has 1 fully saturated rings. The lowest BCUT2D eigenvalue weighted by Gasteiger charge is -2.39. The first kappa shape index (κ1) is 20.6. The molecule has 5 heteroatoms. The van der Waals surface area contributed by atoms with Crippen LogP contribution in [0.2, 0.25) is 0 Å². The van der Waals surface area contributed by atoms with E-state index in [-0.39, 0.29) is 23.5 Å². The number of piperidine rings is 1. The van der Waals surface area contributed by atoms with Crippen LogP contribution in [0.3, 0.4) is 0 Å². The molecule has 3 N–H and O–H groups in total. The summed E-state index contributed by atoms with van der Waals surface area (Å²) in [4.78, 5) is 22.4. The van der Waals surface area contributed by atoms with Gasteiger partial charge in [0.05, 0.1) is 5.56 Å². The first-order valence-electron chi connectivity index (χ1n) is 9.15. The van der Waals surface area contributed by atoms with Gasteiger partial charge >= 0.3 is 5.97 Å². The van der Waals surface area contributed by atoms with E-state index >= 15 is 0 Å². The van der Waals surface area contributed by atoms with Gasteiger partial charge in [-0.25, -0.2) is 4.79 Å². The van der Waals surface area contributed by atoms with Gasteiger partial charge in [0.2, 0.25) is 5.91 Å². The van der Waals surface area contributed by atoms with Crippen LogP contribution in [0.1, 0.15) is 54.3 Å². The average Bonchev–Trinajstić information content (AvgIpc) is 2.62. The Morgan fingerprint density at radius 3 is 1.96 bits per heavy atom. The molecule has 2 aromatic rings. The normalized spacial score (nSPS) is 20.7. The van der Waals surface area contributed by atoms with Crippen LogP contribution < -0.4 is 11.1 Å². The SMILES string of the molecule is CC1CC(OC(=O)c2ccccc2)CC(C)(C)N1.NC(=O)c1ccccc1. The van der Waals surface area contributed by atoms with Crippen molar-refractivity contribution in [2.45, 2.75) is 51.3 Å². The summed E-state index contributed by atoms with van der Waals surface area (Å²) in [5.41, 5.74) is 6.18. The third-order valence-corrected chi connectivity index (χ3v) is 4.33. The molecule has 1 amide bonds. The second-order valence-corrected chi connectivity index (χ2v) is 7.49. The molecule has 1 aliphatic heterocycles. The Bertz CT molecular complexity index is 745. The zero-order chi connectivity index (χ0) is 19.9. The highest BCUT2D eigenvalue weighted by Crippen LogP contribution is 2.25. The molecule has 2 aromatic carbocycles. The van der Waals surface area contributed by atoms with E-state index in [1.807, 2.05) is 24.3 Å². The van der Waals surface area contributed by atoms with Gasteiger partial charge in [0, 0.05) is 23.6 Å². The topological polar surface area (TPSA) is 81.4 Å². The average molecular weight is 368 g/mol. The number of esters is 1. The lowest BCUT2D eigenvalue weighted by atomic mass is 9.87. The number of benzene rings is 2. The Kier molecular flexibility index (Phi) is 7.13. The second-order valence-electron chi connectivity index (χ2n) is 7.49. The number of ether oxygens (including phenoxy) is 1. The summed E-state index contributed by atoms with van der Waals surface area (Å²) in [6.07, 6.45) is 1.74. The van der Waals surface area contributed by atoms with Crippen LogP contribution in [0.25, 0.3) is 0 Å². The molecule has 0 radical (unpaired) electrons. The lowest BCUT2D eigenvalue weighted by Crippen LogP contribution is -2.53. The number of rotatable bonds is 3. The molecule has 27 heavy (non-hydrogen) atoms. The van der Waals surface area contributed by atoms with Crippen molar-refractivity contribution in [3.8, 4) is 0 Å². The maximum atomic E-state index is 12.0. The van der Waals surface area contributed by atoms with Crippen molar-refractivity contribution in [1.29, 1.82) is 0 Å². The second kappa shape index (κ2) is 9.33. The van der Waals surface area contributed by atoms with Crippen molar-refractivity contribution < 1.29 is 14.3 Å². The molecule has 1 aliphatic rings. The minimum Gasteiger partial charge on any atom is -0.459 e. The molecular weight excluding hydrogens is 340 g/mol. The summed E-state index contributed by atoms with van der Waals surface area (Å²) >= 11 is 0. The molecule has 2 unspecified atom stereocenters. The predicted molar refractivity (Wildman–Crippen MR) is 107 cm³/mol. The van der Waals surface area contributed by atoms with E-state index in [1.165, 1.54) is 0 Å². The van der Waals surface area contributed by atoms with Crippen molar-refractivity contribution >= 4 is 11.9 Å². The fourth-order valence-electron chi connectivity index (χ4n) is 3.32. The van der Waals surface area contributed by atoms with Crippen LogP contribution in [-0.2, 0) is 4.74 Å². The summed E-state index contributed by atoms with van der Waals surface area (Å²) in [6, 6.07) is 18.3. The van der Waals surface area contributed by atoms with E-state index in [0.717, 1.165) is 12.8 Å². The van der Waals surface area contributed by atoms with Gasteiger partial charge in [-0.3, -0.25) is 4.79 Å². The van der Waals surface area contributed by atoms with Crippen LogP contribution >= 0.6 is 0 Å². The third-order valence-electron chi connectivity index (χ3n) is 4.33. The highest BCUT2D eigenvalue weighted by atomic mass is 16.5. The molecule has 144 valence electrons. The summed E-state index contributed by atoms with van der Waals surface area (Å²) in [7, 11) is 0. The quantitative estimate of drug-likeness (QED) is 0.812. The van der Waals surface area contributed by atoms with Crippen molar-refractivity contribution in [3.05, 3.63) is 71.8 Å². The summed E-state index contributed by atoms with van der Waals surface area (Å²) in [5.74, 6) is -0.596. The van der Waals surface area contributed by atoms with Crippen LogP contribution in [-0.4, -0.2) is 29.6 Å². The predicted octanol–water partition coefficient (Wildman–Crippen LogP) is 3.55. The number of nitrogens with one attached hydrogen (secondary N) is 1. The fraction of sp³-hybridized carbons (Fsp3) is 0.364. The van der Waals surface area contributed by atoms with E-state index < -0.39 is 0 Å². The molecule has 0 saturated carbocycles. The Balaban J connectivity index is 0.000000244. The third kappa shape index (κ3) is 6.87. The van der Waals surface area contributed by atoms with Crippen LogP contribution in [0.5, 0.6) is 0 Å². The van der Waals surface area contributed by atoms with Gasteiger partial charge in [0.15, 0.2) is 0 Å². The summed E-state index contributed by atoms with van der Waals surface area (Å²) in [6.45, 7) is 6.42.